The molecule has 88 valence electrons. The van der Waals surface area contributed by atoms with Crippen LogP contribution >= 0.6 is 12.2 Å². The monoisotopic (exact) mass is 248 g/mol. The van der Waals surface area contributed by atoms with Crippen LogP contribution in [-0.2, 0) is 0 Å². The fourth-order valence-corrected chi connectivity index (χ4v) is 1.49. The molecule has 0 aliphatic heterocycles. The Kier molecular flexibility index (Phi) is 3.61. The maximum Gasteiger partial charge on any atom is 0.230 e. The number of hydrogen-bond donors (Lipinski definition) is 2. The molecule has 0 saturated carbocycles. The van der Waals surface area contributed by atoms with Crippen LogP contribution in [0.2, 0.25) is 0 Å². The van der Waals surface area contributed by atoms with E-state index in [0.717, 1.165) is 12.4 Å². The zero-order valence-corrected chi connectivity index (χ0v) is 10.1. The van der Waals surface area contributed by atoms with Gasteiger partial charge in [-0.3, -0.25) is 4.57 Å². The molecule has 0 atom stereocenters. The molecule has 2 aromatic rings. The van der Waals surface area contributed by atoms with Gasteiger partial charge in [0.25, 0.3) is 0 Å². The summed E-state index contributed by atoms with van der Waals surface area (Å²) in [4.78, 5) is 12.4. The first-order valence-corrected chi connectivity index (χ1v) is 5.56. The normalized spacial score (nSPS) is 9.94. The van der Waals surface area contributed by atoms with Crippen molar-refractivity contribution in [1.82, 2.24) is 24.8 Å². The van der Waals surface area contributed by atoms with Gasteiger partial charge >= 0.3 is 0 Å². The molecule has 0 saturated heterocycles. The highest BCUT2D eigenvalue weighted by atomic mass is 32.1. The van der Waals surface area contributed by atoms with E-state index >= 15 is 0 Å². The highest BCUT2D eigenvalue weighted by Gasteiger charge is 2.02. The third-order valence-electron chi connectivity index (χ3n) is 1.97. The number of nitrogens with zero attached hydrogens (tertiary/aromatic N) is 4. The molecule has 17 heavy (non-hydrogen) atoms. The van der Waals surface area contributed by atoms with Gasteiger partial charge in [-0.2, -0.15) is 4.98 Å². The quantitative estimate of drug-likeness (QED) is 0.789. The Morgan fingerprint density at radius 2 is 2.35 bits per heavy atom. The van der Waals surface area contributed by atoms with Crippen molar-refractivity contribution in [2.45, 2.75) is 6.92 Å². The fourth-order valence-electron chi connectivity index (χ4n) is 1.25. The van der Waals surface area contributed by atoms with E-state index in [1.54, 1.807) is 29.4 Å². The average Bonchev–Trinajstić information content (AvgIpc) is 2.83. The molecule has 0 bridgehead atoms. The maximum absolute atomic E-state index is 5.06. The molecule has 0 spiro atoms. The Morgan fingerprint density at radius 3 is 3.06 bits per heavy atom. The van der Waals surface area contributed by atoms with Crippen LogP contribution in [0.15, 0.2) is 31.0 Å². The van der Waals surface area contributed by atoms with Crippen molar-refractivity contribution >= 4 is 23.3 Å². The SMILES string of the molecule is CCNC(=S)Nc1nccc(-n2ccnc2)n1. The molecule has 7 heteroatoms. The van der Waals surface area contributed by atoms with Gasteiger partial charge in [-0.25, -0.2) is 9.97 Å². The molecular weight excluding hydrogens is 236 g/mol. The summed E-state index contributed by atoms with van der Waals surface area (Å²) in [5, 5.41) is 6.39. The van der Waals surface area contributed by atoms with Crippen molar-refractivity contribution in [2.75, 3.05) is 11.9 Å². The van der Waals surface area contributed by atoms with Crippen LogP contribution in [0.5, 0.6) is 0 Å². The largest absolute Gasteiger partial charge is 0.363 e. The van der Waals surface area contributed by atoms with Crippen molar-refractivity contribution in [3.8, 4) is 5.82 Å². The Labute approximate surface area is 104 Å². The summed E-state index contributed by atoms with van der Waals surface area (Å²) >= 11 is 5.06. The fraction of sp³-hybridized carbons (Fsp3) is 0.200. The molecule has 2 aromatic heterocycles. The van der Waals surface area contributed by atoms with Crippen LogP contribution in [0, 0.1) is 0 Å². The summed E-state index contributed by atoms with van der Waals surface area (Å²) in [6.07, 6.45) is 6.85. The van der Waals surface area contributed by atoms with Crippen LogP contribution in [0.1, 0.15) is 6.92 Å². The van der Waals surface area contributed by atoms with Crippen LogP contribution < -0.4 is 10.6 Å². The number of imidazole rings is 1. The predicted octanol–water partition coefficient (Wildman–Crippen LogP) is 0.969. The molecule has 2 rings (SSSR count). The lowest BCUT2D eigenvalue weighted by molar-refractivity contribution is 0.960. The Bertz CT molecular complexity index is 495. The third kappa shape index (κ3) is 2.97. The maximum atomic E-state index is 5.06. The van der Waals surface area contributed by atoms with Crippen molar-refractivity contribution < 1.29 is 0 Å². The van der Waals surface area contributed by atoms with Crippen molar-refractivity contribution in [1.29, 1.82) is 0 Å². The van der Waals surface area contributed by atoms with Crippen LogP contribution in [0.25, 0.3) is 5.82 Å². The molecule has 2 heterocycles. The number of rotatable bonds is 3. The van der Waals surface area contributed by atoms with Crippen molar-refractivity contribution in [3.05, 3.63) is 31.0 Å². The van der Waals surface area contributed by atoms with Gasteiger partial charge in [-0.1, -0.05) is 0 Å². The van der Waals surface area contributed by atoms with E-state index in [1.165, 1.54) is 0 Å². The number of thiocarbonyl (C=S) groups is 1. The van der Waals surface area contributed by atoms with Crippen molar-refractivity contribution in [2.24, 2.45) is 0 Å². The topological polar surface area (TPSA) is 67.7 Å². The summed E-state index contributed by atoms with van der Waals surface area (Å²) in [6.45, 7) is 2.73. The second-order valence-electron chi connectivity index (χ2n) is 3.19. The molecule has 0 aromatic carbocycles. The molecule has 0 unspecified atom stereocenters. The summed E-state index contributed by atoms with van der Waals surface area (Å²) < 4.78 is 1.79. The van der Waals surface area contributed by atoms with E-state index in [9.17, 15) is 0 Å². The van der Waals surface area contributed by atoms with Gasteiger partial charge in [0, 0.05) is 25.1 Å². The van der Waals surface area contributed by atoms with Crippen LogP contribution in [-0.4, -0.2) is 31.2 Å². The van der Waals surface area contributed by atoms with E-state index in [0.29, 0.717) is 11.1 Å². The number of anilines is 1. The summed E-state index contributed by atoms with van der Waals surface area (Å²) in [7, 11) is 0. The van der Waals surface area contributed by atoms with Gasteiger partial charge in [0.2, 0.25) is 5.95 Å². The lowest BCUT2D eigenvalue weighted by Gasteiger charge is -2.08. The summed E-state index contributed by atoms with van der Waals surface area (Å²) in [6, 6.07) is 1.79. The predicted molar refractivity (Wildman–Crippen MR) is 69.1 cm³/mol. The zero-order chi connectivity index (χ0) is 12.1. The van der Waals surface area contributed by atoms with Gasteiger partial charge in [-0.05, 0) is 25.2 Å². The zero-order valence-electron chi connectivity index (χ0n) is 9.29. The second kappa shape index (κ2) is 5.35. The van der Waals surface area contributed by atoms with Crippen LogP contribution in [0.3, 0.4) is 0 Å². The highest BCUT2D eigenvalue weighted by molar-refractivity contribution is 7.80. The number of hydrogen-bond acceptors (Lipinski definition) is 4. The van der Waals surface area contributed by atoms with Gasteiger partial charge in [0.1, 0.15) is 12.1 Å². The Morgan fingerprint density at radius 1 is 1.47 bits per heavy atom. The minimum absolute atomic E-state index is 0.460. The number of nitrogens with one attached hydrogen (secondary N) is 2. The van der Waals surface area contributed by atoms with Gasteiger partial charge in [0.15, 0.2) is 5.11 Å². The van der Waals surface area contributed by atoms with Crippen LogP contribution in [0.4, 0.5) is 5.95 Å². The van der Waals surface area contributed by atoms with Gasteiger partial charge in [-0.15, -0.1) is 0 Å². The first-order valence-electron chi connectivity index (χ1n) is 5.16. The Hall–Kier alpha value is -2.02. The molecule has 0 aliphatic rings. The summed E-state index contributed by atoms with van der Waals surface area (Å²) in [5.74, 6) is 1.20. The standard InChI is InChI=1S/C10H12N6S/c1-2-12-10(17)15-9-13-4-3-8(14-9)16-6-5-11-7-16/h3-7H,2H2,1H3,(H2,12,13,14,15,17). The van der Waals surface area contributed by atoms with E-state index in [2.05, 4.69) is 25.6 Å². The number of aromatic nitrogens is 4. The Balaban J connectivity index is 2.15. The van der Waals surface area contributed by atoms with E-state index in [4.69, 9.17) is 12.2 Å². The summed E-state index contributed by atoms with van der Waals surface area (Å²) in [5.41, 5.74) is 0. The second-order valence-corrected chi connectivity index (χ2v) is 3.60. The highest BCUT2D eigenvalue weighted by Crippen LogP contribution is 2.05. The first kappa shape index (κ1) is 11.5. The molecular formula is C10H12N6S. The molecule has 0 radical (unpaired) electrons. The van der Waals surface area contributed by atoms with Crippen molar-refractivity contribution in [3.63, 3.8) is 0 Å². The smallest absolute Gasteiger partial charge is 0.230 e. The lowest BCUT2D eigenvalue weighted by atomic mass is 10.5. The van der Waals surface area contributed by atoms with E-state index < -0.39 is 0 Å². The average molecular weight is 248 g/mol. The lowest BCUT2D eigenvalue weighted by Crippen LogP contribution is -2.28. The molecule has 0 aliphatic carbocycles. The third-order valence-corrected chi connectivity index (χ3v) is 2.22. The molecule has 0 fully saturated rings. The first-order chi connectivity index (χ1) is 8.29. The molecule has 6 nitrogen and oxygen atoms in total. The van der Waals surface area contributed by atoms with Gasteiger partial charge in [0.05, 0.1) is 0 Å². The molecule has 0 amide bonds. The van der Waals surface area contributed by atoms with E-state index in [-0.39, 0.29) is 0 Å². The molecule has 2 N–H and O–H groups in total. The van der Waals surface area contributed by atoms with Gasteiger partial charge < -0.3 is 10.6 Å². The minimum atomic E-state index is 0.460. The van der Waals surface area contributed by atoms with E-state index in [1.807, 2.05) is 13.1 Å². The minimum Gasteiger partial charge on any atom is -0.363 e.